The first-order valence-corrected chi connectivity index (χ1v) is 8.75. The fraction of sp³-hybridized carbons (Fsp3) is 0.611. The molecule has 4 nitrogen and oxygen atoms in total. The van der Waals surface area contributed by atoms with Crippen LogP contribution < -0.4 is 10.6 Å². The van der Waals surface area contributed by atoms with Crippen molar-refractivity contribution in [1.82, 2.24) is 10.6 Å². The molecule has 0 aliphatic carbocycles. The Morgan fingerprint density at radius 2 is 2.17 bits per heavy atom. The number of hydrogen-bond donors (Lipinski definition) is 3. The van der Waals surface area contributed by atoms with E-state index in [4.69, 9.17) is 11.6 Å². The molecule has 126 valence electrons. The van der Waals surface area contributed by atoms with Gasteiger partial charge in [-0.15, -0.1) is 0 Å². The maximum Gasteiger partial charge on any atom is 0.223 e. The number of fused-ring (bicyclic) bond motifs is 1. The highest BCUT2D eigenvalue weighted by atomic mass is 35.5. The normalized spacial score (nSPS) is 28.2. The van der Waals surface area contributed by atoms with Crippen molar-refractivity contribution >= 4 is 17.5 Å². The highest BCUT2D eigenvalue weighted by Gasteiger charge is 2.36. The number of carbonyl (C=O) groups is 1. The van der Waals surface area contributed by atoms with Crippen molar-refractivity contribution in [2.75, 3.05) is 13.1 Å². The van der Waals surface area contributed by atoms with E-state index in [1.54, 1.807) is 13.8 Å². The van der Waals surface area contributed by atoms with Gasteiger partial charge in [0.25, 0.3) is 0 Å². The second kappa shape index (κ2) is 6.42. The van der Waals surface area contributed by atoms with Gasteiger partial charge in [-0.05, 0) is 63.7 Å². The molecule has 1 amide bonds. The predicted octanol–water partition coefficient (Wildman–Crippen LogP) is 2.22. The molecule has 0 spiro atoms. The average molecular weight is 337 g/mol. The number of benzene rings is 1. The molecule has 23 heavy (non-hydrogen) atoms. The molecule has 0 radical (unpaired) electrons. The first-order valence-electron chi connectivity index (χ1n) is 8.37. The molecule has 1 aromatic carbocycles. The van der Waals surface area contributed by atoms with Gasteiger partial charge in [0, 0.05) is 22.5 Å². The Morgan fingerprint density at radius 1 is 1.39 bits per heavy atom. The minimum absolute atomic E-state index is 0.000188. The first-order chi connectivity index (χ1) is 10.8. The van der Waals surface area contributed by atoms with Crippen LogP contribution >= 0.6 is 11.6 Å². The molecule has 3 rings (SSSR count). The predicted molar refractivity (Wildman–Crippen MR) is 91.4 cm³/mol. The summed E-state index contributed by atoms with van der Waals surface area (Å²) in [4.78, 5) is 12.4. The van der Waals surface area contributed by atoms with Gasteiger partial charge in [-0.25, -0.2) is 0 Å². The van der Waals surface area contributed by atoms with Crippen LogP contribution in [0.1, 0.15) is 37.8 Å². The summed E-state index contributed by atoms with van der Waals surface area (Å²) in [6.07, 6.45) is 2.64. The number of hydrogen-bond acceptors (Lipinski definition) is 3. The largest absolute Gasteiger partial charge is 0.386 e. The lowest BCUT2D eigenvalue weighted by Crippen LogP contribution is -2.56. The van der Waals surface area contributed by atoms with Crippen molar-refractivity contribution in [3.63, 3.8) is 0 Å². The van der Waals surface area contributed by atoms with Gasteiger partial charge in [-0.3, -0.25) is 4.79 Å². The Hall–Kier alpha value is -1.10. The van der Waals surface area contributed by atoms with Gasteiger partial charge in [-0.1, -0.05) is 23.7 Å². The fourth-order valence-corrected chi connectivity index (χ4v) is 4.21. The third-order valence-corrected chi connectivity index (χ3v) is 5.38. The summed E-state index contributed by atoms with van der Waals surface area (Å²) in [7, 11) is 0. The van der Waals surface area contributed by atoms with Crippen molar-refractivity contribution in [3.8, 4) is 0 Å². The van der Waals surface area contributed by atoms with E-state index in [9.17, 15) is 9.90 Å². The summed E-state index contributed by atoms with van der Waals surface area (Å²) in [5.74, 6) is 0.689. The van der Waals surface area contributed by atoms with Crippen LogP contribution in [0.3, 0.4) is 0 Å². The molecule has 1 aromatic rings. The second-order valence-corrected chi connectivity index (χ2v) is 7.79. The number of aliphatic hydroxyl groups is 1. The minimum Gasteiger partial charge on any atom is -0.386 e. The lowest BCUT2D eigenvalue weighted by atomic mass is 9.78. The molecule has 2 saturated heterocycles. The van der Waals surface area contributed by atoms with Crippen LogP contribution in [-0.4, -0.2) is 30.1 Å². The molecule has 0 saturated carbocycles. The molecule has 2 aliphatic rings. The Kier molecular flexibility index (Phi) is 4.68. The van der Waals surface area contributed by atoms with Crippen LogP contribution in [0.4, 0.5) is 0 Å². The van der Waals surface area contributed by atoms with E-state index in [0.29, 0.717) is 29.0 Å². The summed E-state index contributed by atoms with van der Waals surface area (Å²) in [6.45, 7) is 5.41. The van der Waals surface area contributed by atoms with E-state index in [-0.39, 0.29) is 11.8 Å². The van der Waals surface area contributed by atoms with Crippen molar-refractivity contribution in [2.45, 2.75) is 44.8 Å². The van der Waals surface area contributed by atoms with E-state index in [1.807, 2.05) is 18.2 Å². The van der Waals surface area contributed by atoms with Crippen LogP contribution in [-0.2, 0) is 16.8 Å². The number of amides is 1. The molecule has 3 unspecified atom stereocenters. The number of halogens is 1. The molecular formula is C18H25ClN2O2. The van der Waals surface area contributed by atoms with E-state index in [2.05, 4.69) is 10.6 Å². The van der Waals surface area contributed by atoms with Gasteiger partial charge in [0.15, 0.2) is 0 Å². The van der Waals surface area contributed by atoms with Crippen LogP contribution in [0, 0.1) is 11.8 Å². The molecule has 2 heterocycles. The maximum absolute atomic E-state index is 12.4. The first kappa shape index (κ1) is 16.7. The number of carbonyl (C=O) groups excluding carboxylic acids is 1. The van der Waals surface area contributed by atoms with Gasteiger partial charge in [0.2, 0.25) is 5.91 Å². The molecule has 2 fully saturated rings. The smallest absolute Gasteiger partial charge is 0.223 e. The van der Waals surface area contributed by atoms with Gasteiger partial charge < -0.3 is 15.7 Å². The lowest BCUT2D eigenvalue weighted by molar-refractivity contribution is -0.129. The summed E-state index contributed by atoms with van der Waals surface area (Å²) in [5.41, 5.74) is 0.802. The zero-order valence-electron chi connectivity index (χ0n) is 13.7. The summed E-state index contributed by atoms with van der Waals surface area (Å²) in [5, 5.41) is 17.3. The Labute approximate surface area is 142 Å². The molecule has 5 heteroatoms. The van der Waals surface area contributed by atoms with E-state index in [0.717, 1.165) is 31.5 Å². The topological polar surface area (TPSA) is 61.4 Å². The van der Waals surface area contributed by atoms with Crippen LogP contribution in [0.15, 0.2) is 18.2 Å². The lowest BCUT2D eigenvalue weighted by Gasteiger charge is -2.39. The van der Waals surface area contributed by atoms with Crippen LogP contribution in [0.2, 0.25) is 5.02 Å². The SMILES string of the molecule is CC(C)(O)c1ccc(CC2CC3CNCCC3NC2=O)cc1Cl. The zero-order chi connectivity index (χ0) is 16.6. The van der Waals surface area contributed by atoms with Crippen molar-refractivity contribution in [3.05, 3.63) is 34.3 Å². The van der Waals surface area contributed by atoms with E-state index >= 15 is 0 Å². The molecule has 0 aromatic heterocycles. The standard InChI is InChI=1S/C18H25ClN2O2/c1-18(2,23)14-4-3-11(8-15(14)19)7-12-9-13-10-20-6-5-16(13)21-17(12)22/h3-4,8,12-13,16,20,23H,5-7,9-10H2,1-2H3,(H,21,22). The molecular weight excluding hydrogens is 312 g/mol. The summed E-state index contributed by atoms with van der Waals surface area (Å²) in [6, 6.07) is 6.05. The number of piperidine rings is 2. The fourth-order valence-electron chi connectivity index (χ4n) is 3.78. The third kappa shape index (κ3) is 3.70. The van der Waals surface area contributed by atoms with E-state index in [1.165, 1.54) is 0 Å². The van der Waals surface area contributed by atoms with Crippen molar-refractivity contribution < 1.29 is 9.90 Å². The third-order valence-electron chi connectivity index (χ3n) is 5.07. The van der Waals surface area contributed by atoms with Gasteiger partial charge in [0.05, 0.1) is 5.60 Å². The Morgan fingerprint density at radius 3 is 2.87 bits per heavy atom. The van der Waals surface area contributed by atoms with Crippen LogP contribution in [0.25, 0.3) is 0 Å². The zero-order valence-corrected chi connectivity index (χ0v) is 14.5. The molecule has 3 atom stereocenters. The van der Waals surface area contributed by atoms with Crippen molar-refractivity contribution in [2.24, 2.45) is 11.8 Å². The number of nitrogens with one attached hydrogen (secondary N) is 2. The number of rotatable bonds is 3. The Bertz CT molecular complexity index is 597. The van der Waals surface area contributed by atoms with Crippen molar-refractivity contribution in [1.29, 1.82) is 0 Å². The second-order valence-electron chi connectivity index (χ2n) is 7.38. The van der Waals surface area contributed by atoms with Gasteiger partial charge >= 0.3 is 0 Å². The van der Waals surface area contributed by atoms with Crippen LogP contribution in [0.5, 0.6) is 0 Å². The maximum atomic E-state index is 12.4. The van der Waals surface area contributed by atoms with Gasteiger partial charge in [0.1, 0.15) is 0 Å². The summed E-state index contributed by atoms with van der Waals surface area (Å²) >= 11 is 6.31. The minimum atomic E-state index is -0.960. The highest BCUT2D eigenvalue weighted by molar-refractivity contribution is 6.31. The Balaban J connectivity index is 1.71. The quantitative estimate of drug-likeness (QED) is 0.793. The summed E-state index contributed by atoms with van der Waals surface area (Å²) < 4.78 is 0. The monoisotopic (exact) mass is 336 g/mol. The average Bonchev–Trinajstić information content (AvgIpc) is 2.47. The highest BCUT2D eigenvalue weighted by Crippen LogP contribution is 2.31. The van der Waals surface area contributed by atoms with E-state index < -0.39 is 5.60 Å². The molecule has 0 bridgehead atoms. The molecule has 3 N–H and O–H groups in total. The van der Waals surface area contributed by atoms with Gasteiger partial charge in [-0.2, -0.15) is 0 Å². The molecule has 2 aliphatic heterocycles.